The van der Waals surface area contributed by atoms with Crippen LogP contribution in [0.4, 0.5) is 0 Å². The average molecular weight is 129 g/mol. The van der Waals surface area contributed by atoms with Crippen LogP contribution in [0.15, 0.2) is 0 Å². The van der Waals surface area contributed by atoms with Crippen molar-refractivity contribution in [3.63, 3.8) is 0 Å². The lowest BCUT2D eigenvalue weighted by molar-refractivity contribution is -0.119. The maximum Gasteiger partial charge on any atom is 0.220 e. The summed E-state index contributed by atoms with van der Waals surface area (Å²) in [6, 6.07) is 0. The summed E-state index contributed by atoms with van der Waals surface area (Å²) < 4.78 is 0. The van der Waals surface area contributed by atoms with Crippen LogP contribution in [0.25, 0.3) is 0 Å². The van der Waals surface area contributed by atoms with Crippen LogP contribution in [-0.2, 0) is 4.79 Å². The summed E-state index contributed by atoms with van der Waals surface area (Å²) in [4.78, 5) is 10.5. The fraction of sp³-hybridized carbons (Fsp3) is 0.833. The third-order valence-corrected chi connectivity index (χ3v) is 1.69. The Morgan fingerprint density at radius 1 is 1.89 bits per heavy atom. The molecule has 0 aliphatic carbocycles. The van der Waals surface area contributed by atoms with Crippen molar-refractivity contribution < 1.29 is 9.90 Å². The second-order valence-electron chi connectivity index (χ2n) is 2.51. The molecule has 0 radical (unpaired) electrons. The Morgan fingerprint density at radius 2 is 2.56 bits per heavy atom. The minimum atomic E-state index is -0.357. The minimum Gasteiger partial charge on any atom is -0.393 e. The molecule has 2 atom stereocenters. The van der Waals surface area contributed by atoms with Crippen LogP contribution in [-0.4, -0.2) is 23.7 Å². The van der Waals surface area contributed by atoms with E-state index in [0.717, 1.165) is 0 Å². The van der Waals surface area contributed by atoms with E-state index in [1.165, 1.54) is 0 Å². The average Bonchev–Trinajstić information content (AvgIpc) is 2.14. The summed E-state index contributed by atoms with van der Waals surface area (Å²) >= 11 is 0. The summed E-state index contributed by atoms with van der Waals surface area (Å²) in [6.45, 7) is 2.35. The first-order valence-corrected chi connectivity index (χ1v) is 3.15. The Kier molecular flexibility index (Phi) is 1.71. The van der Waals surface area contributed by atoms with E-state index in [-0.39, 0.29) is 17.9 Å². The Hall–Kier alpha value is -0.570. The number of nitrogens with one attached hydrogen (secondary N) is 1. The van der Waals surface area contributed by atoms with Gasteiger partial charge in [-0.15, -0.1) is 0 Å². The molecule has 1 amide bonds. The van der Waals surface area contributed by atoms with E-state index >= 15 is 0 Å². The van der Waals surface area contributed by atoms with E-state index in [9.17, 15) is 4.79 Å². The molecule has 1 aliphatic heterocycles. The fourth-order valence-electron chi connectivity index (χ4n) is 0.969. The Bertz CT molecular complexity index is 122. The molecule has 1 aliphatic rings. The van der Waals surface area contributed by atoms with Gasteiger partial charge in [0.15, 0.2) is 0 Å². The molecule has 0 aromatic rings. The molecule has 1 heterocycles. The van der Waals surface area contributed by atoms with Crippen LogP contribution >= 0.6 is 0 Å². The summed E-state index contributed by atoms with van der Waals surface area (Å²) in [5.74, 6) is 0.193. The Morgan fingerprint density at radius 3 is 2.78 bits per heavy atom. The fourth-order valence-corrected chi connectivity index (χ4v) is 0.969. The molecule has 1 rings (SSSR count). The largest absolute Gasteiger partial charge is 0.393 e. The van der Waals surface area contributed by atoms with Gasteiger partial charge in [0, 0.05) is 18.9 Å². The summed E-state index contributed by atoms with van der Waals surface area (Å²) in [5.41, 5.74) is 0. The van der Waals surface area contributed by atoms with Crippen LogP contribution in [0.5, 0.6) is 0 Å². The first-order valence-electron chi connectivity index (χ1n) is 3.15. The Balaban J connectivity index is 2.39. The van der Waals surface area contributed by atoms with Gasteiger partial charge in [-0.3, -0.25) is 4.79 Å². The summed E-state index contributed by atoms with van der Waals surface area (Å²) in [7, 11) is 0. The number of aliphatic hydroxyl groups excluding tert-OH is 1. The van der Waals surface area contributed by atoms with Crippen LogP contribution in [0.2, 0.25) is 0 Å². The topological polar surface area (TPSA) is 49.3 Å². The quantitative estimate of drug-likeness (QED) is 0.501. The predicted molar refractivity (Wildman–Crippen MR) is 32.8 cm³/mol. The molecule has 0 saturated carbocycles. The van der Waals surface area contributed by atoms with Crippen molar-refractivity contribution in [1.82, 2.24) is 5.32 Å². The molecule has 2 N–H and O–H groups in total. The molecule has 52 valence electrons. The van der Waals surface area contributed by atoms with Crippen molar-refractivity contribution in [2.45, 2.75) is 19.4 Å². The molecular weight excluding hydrogens is 118 g/mol. The number of hydrogen-bond acceptors (Lipinski definition) is 2. The normalized spacial score (nSPS) is 30.0. The number of aliphatic hydroxyl groups is 1. The lowest BCUT2D eigenvalue weighted by atomic mass is 10.0. The predicted octanol–water partition coefficient (Wildman–Crippen LogP) is -0.497. The van der Waals surface area contributed by atoms with E-state index < -0.39 is 0 Å². The number of hydrogen-bond donors (Lipinski definition) is 2. The molecular formula is C6H11NO2. The second kappa shape index (κ2) is 2.35. The third-order valence-electron chi connectivity index (χ3n) is 1.69. The maximum absolute atomic E-state index is 10.5. The zero-order valence-electron chi connectivity index (χ0n) is 5.42. The standard InChI is InChI=1S/C6H11NO2/c1-4(8)5-2-6(9)7-3-5/h4-5,8H,2-3H2,1H3,(H,7,9)/t4-,5+/m1/s1. The van der Waals surface area contributed by atoms with E-state index in [1.54, 1.807) is 6.92 Å². The molecule has 3 nitrogen and oxygen atoms in total. The first kappa shape index (κ1) is 6.55. The number of rotatable bonds is 1. The lowest BCUT2D eigenvalue weighted by Gasteiger charge is -2.08. The van der Waals surface area contributed by atoms with E-state index in [1.807, 2.05) is 0 Å². The van der Waals surface area contributed by atoms with Crippen LogP contribution in [0, 0.1) is 5.92 Å². The summed E-state index contributed by atoms with van der Waals surface area (Å²) in [5, 5.41) is 11.6. The lowest BCUT2D eigenvalue weighted by Crippen LogP contribution is -2.19. The van der Waals surface area contributed by atoms with Crippen LogP contribution < -0.4 is 5.32 Å². The summed E-state index contributed by atoms with van der Waals surface area (Å²) in [6.07, 6.45) is 0.126. The zero-order chi connectivity index (χ0) is 6.85. The first-order chi connectivity index (χ1) is 4.20. The van der Waals surface area contributed by atoms with Gasteiger partial charge in [-0.2, -0.15) is 0 Å². The van der Waals surface area contributed by atoms with Crippen molar-refractivity contribution in [1.29, 1.82) is 0 Å². The highest BCUT2D eigenvalue weighted by Gasteiger charge is 2.24. The molecule has 0 bridgehead atoms. The van der Waals surface area contributed by atoms with Crippen molar-refractivity contribution >= 4 is 5.91 Å². The van der Waals surface area contributed by atoms with E-state index in [0.29, 0.717) is 13.0 Å². The molecule has 0 aromatic heterocycles. The zero-order valence-corrected chi connectivity index (χ0v) is 5.42. The second-order valence-corrected chi connectivity index (χ2v) is 2.51. The molecule has 1 fully saturated rings. The van der Waals surface area contributed by atoms with Crippen molar-refractivity contribution in [3.8, 4) is 0 Å². The molecule has 1 saturated heterocycles. The van der Waals surface area contributed by atoms with Gasteiger partial charge in [0.25, 0.3) is 0 Å². The molecule has 9 heavy (non-hydrogen) atoms. The molecule has 0 aromatic carbocycles. The van der Waals surface area contributed by atoms with Gasteiger partial charge in [0.1, 0.15) is 0 Å². The third kappa shape index (κ3) is 1.42. The van der Waals surface area contributed by atoms with Crippen LogP contribution in [0.3, 0.4) is 0 Å². The van der Waals surface area contributed by atoms with Crippen molar-refractivity contribution in [3.05, 3.63) is 0 Å². The molecule has 0 unspecified atom stereocenters. The highest BCUT2D eigenvalue weighted by atomic mass is 16.3. The van der Waals surface area contributed by atoms with Gasteiger partial charge in [-0.1, -0.05) is 0 Å². The Labute approximate surface area is 54.1 Å². The van der Waals surface area contributed by atoms with Crippen molar-refractivity contribution in [2.75, 3.05) is 6.54 Å². The van der Waals surface area contributed by atoms with Gasteiger partial charge in [-0.25, -0.2) is 0 Å². The van der Waals surface area contributed by atoms with Gasteiger partial charge in [0.05, 0.1) is 6.10 Å². The monoisotopic (exact) mass is 129 g/mol. The highest BCUT2D eigenvalue weighted by Crippen LogP contribution is 2.12. The maximum atomic E-state index is 10.5. The molecule has 3 heteroatoms. The van der Waals surface area contributed by atoms with Crippen LogP contribution in [0.1, 0.15) is 13.3 Å². The highest BCUT2D eigenvalue weighted by molar-refractivity contribution is 5.78. The number of carbonyl (C=O) groups excluding carboxylic acids is 1. The van der Waals surface area contributed by atoms with Gasteiger partial charge >= 0.3 is 0 Å². The SMILES string of the molecule is C[C@@H](O)[C@@H]1CNC(=O)C1. The van der Waals surface area contributed by atoms with E-state index in [4.69, 9.17) is 5.11 Å². The van der Waals surface area contributed by atoms with E-state index in [2.05, 4.69) is 5.32 Å². The van der Waals surface area contributed by atoms with Gasteiger partial charge < -0.3 is 10.4 Å². The minimum absolute atomic E-state index is 0.0564. The van der Waals surface area contributed by atoms with Crippen molar-refractivity contribution in [2.24, 2.45) is 5.92 Å². The van der Waals surface area contributed by atoms with Gasteiger partial charge in [0.2, 0.25) is 5.91 Å². The number of carbonyl (C=O) groups is 1. The number of amides is 1. The molecule has 0 spiro atoms. The smallest absolute Gasteiger partial charge is 0.220 e. The van der Waals surface area contributed by atoms with Gasteiger partial charge in [-0.05, 0) is 6.92 Å².